The molecule has 0 bridgehead atoms. The molecule has 0 spiro atoms. The van der Waals surface area contributed by atoms with Crippen molar-refractivity contribution in [2.75, 3.05) is 34.4 Å². The zero-order valence-corrected chi connectivity index (χ0v) is 14.0. The van der Waals surface area contributed by atoms with Gasteiger partial charge in [0.2, 0.25) is 0 Å². The van der Waals surface area contributed by atoms with Crippen LogP contribution >= 0.6 is 0 Å². The summed E-state index contributed by atoms with van der Waals surface area (Å²) in [5.74, 6) is 0. The van der Waals surface area contributed by atoms with E-state index in [-0.39, 0.29) is 5.54 Å². The molecule has 0 saturated heterocycles. The first kappa shape index (κ1) is 17.3. The van der Waals surface area contributed by atoms with E-state index in [9.17, 15) is 0 Å². The zero-order chi connectivity index (χ0) is 14.8. The van der Waals surface area contributed by atoms with Crippen molar-refractivity contribution in [2.24, 2.45) is 0 Å². The summed E-state index contributed by atoms with van der Waals surface area (Å²) in [7, 11) is 2.44. The lowest BCUT2D eigenvalue weighted by Crippen LogP contribution is -2.49. The third-order valence-electron chi connectivity index (χ3n) is 3.60. The van der Waals surface area contributed by atoms with Crippen molar-refractivity contribution >= 4 is 8.80 Å². The Hall–Kier alpha value is -0.723. The van der Waals surface area contributed by atoms with E-state index in [1.807, 2.05) is 6.07 Å². The van der Waals surface area contributed by atoms with E-state index in [0.29, 0.717) is 0 Å². The Kier molecular flexibility index (Phi) is 8.02. The molecular weight excluding hydrogens is 270 g/mol. The van der Waals surface area contributed by atoms with Crippen molar-refractivity contribution < 1.29 is 13.3 Å². The van der Waals surface area contributed by atoms with Crippen LogP contribution in [0.5, 0.6) is 0 Å². The van der Waals surface area contributed by atoms with Crippen molar-refractivity contribution in [3.8, 4) is 0 Å². The van der Waals surface area contributed by atoms with Crippen molar-refractivity contribution in [1.29, 1.82) is 0 Å². The van der Waals surface area contributed by atoms with Gasteiger partial charge in [-0.05, 0) is 31.5 Å². The Bertz CT molecular complexity index is 349. The van der Waals surface area contributed by atoms with Gasteiger partial charge in [-0.1, -0.05) is 37.3 Å². The number of rotatable bonds is 10. The topological polar surface area (TPSA) is 39.7 Å². The van der Waals surface area contributed by atoms with Gasteiger partial charge in [-0.3, -0.25) is 0 Å². The molecule has 0 aliphatic rings. The van der Waals surface area contributed by atoms with E-state index >= 15 is 0 Å². The minimum Gasteiger partial charge on any atom is -0.377 e. The van der Waals surface area contributed by atoms with E-state index in [1.54, 1.807) is 21.3 Å². The van der Waals surface area contributed by atoms with E-state index in [4.69, 9.17) is 13.3 Å². The van der Waals surface area contributed by atoms with Gasteiger partial charge in [0, 0.05) is 26.9 Å². The van der Waals surface area contributed by atoms with Gasteiger partial charge in [0.25, 0.3) is 0 Å². The number of nitrogens with one attached hydrogen (secondary N) is 1. The van der Waals surface area contributed by atoms with E-state index in [0.717, 1.165) is 25.9 Å². The molecule has 0 aliphatic heterocycles. The largest absolute Gasteiger partial charge is 0.503 e. The fraction of sp³-hybridized carbons (Fsp3) is 0.600. The lowest BCUT2D eigenvalue weighted by molar-refractivity contribution is 0.109. The average Bonchev–Trinajstić information content (AvgIpc) is 2.50. The second-order valence-electron chi connectivity index (χ2n) is 4.74. The second-order valence-corrected chi connectivity index (χ2v) is 7.99. The minimum atomic E-state index is -2.62. The van der Waals surface area contributed by atoms with Crippen LogP contribution in [0, 0.1) is 0 Å². The molecule has 1 aromatic carbocycles. The summed E-state index contributed by atoms with van der Waals surface area (Å²) in [5.41, 5.74) is 1.54. The zero-order valence-electron chi connectivity index (χ0n) is 13.0. The lowest BCUT2D eigenvalue weighted by Gasteiger charge is -2.32. The fourth-order valence-corrected chi connectivity index (χ4v) is 4.99. The third-order valence-corrected chi connectivity index (χ3v) is 6.80. The van der Waals surface area contributed by atoms with Crippen LogP contribution in [0.2, 0.25) is 5.54 Å². The third kappa shape index (κ3) is 4.68. The van der Waals surface area contributed by atoms with Crippen molar-refractivity contribution in [2.45, 2.75) is 25.3 Å². The van der Waals surface area contributed by atoms with E-state index < -0.39 is 8.80 Å². The summed E-state index contributed by atoms with van der Waals surface area (Å²) in [6.45, 7) is 4.03. The van der Waals surface area contributed by atoms with E-state index in [1.165, 1.54) is 5.56 Å². The molecule has 5 heteroatoms. The first-order chi connectivity index (χ1) is 9.72. The number of hydrogen-bond donors (Lipinski definition) is 1. The predicted octanol–water partition coefficient (Wildman–Crippen LogP) is 2.48. The summed E-state index contributed by atoms with van der Waals surface area (Å²) >= 11 is 0. The molecule has 1 rings (SSSR count). The quantitative estimate of drug-likeness (QED) is 0.532. The highest BCUT2D eigenvalue weighted by Crippen LogP contribution is 2.31. The molecule has 0 heterocycles. The number of benzene rings is 1. The Morgan fingerprint density at radius 2 is 1.65 bits per heavy atom. The molecule has 1 unspecified atom stereocenters. The lowest BCUT2D eigenvalue weighted by atomic mass is 10.1. The highest BCUT2D eigenvalue weighted by Gasteiger charge is 2.46. The van der Waals surface area contributed by atoms with E-state index in [2.05, 4.69) is 36.5 Å². The maximum Gasteiger partial charge on any atom is 0.503 e. The predicted molar refractivity (Wildman–Crippen MR) is 83.8 cm³/mol. The monoisotopic (exact) mass is 297 g/mol. The Morgan fingerprint density at radius 1 is 1.05 bits per heavy atom. The normalized spacial score (nSPS) is 13.4. The van der Waals surface area contributed by atoms with Crippen LogP contribution in [-0.4, -0.2) is 43.2 Å². The molecule has 0 aliphatic carbocycles. The van der Waals surface area contributed by atoms with Gasteiger partial charge in [0.1, 0.15) is 0 Å². The summed E-state index contributed by atoms with van der Waals surface area (Å²) in [6.07, 6.45) is 1.89. The molecule has 4 nitrogen and oxygen atoms in total. The fourth-order valence-electron chi connectivity index (χ4n) is 2.51. The molecular formula is C15H27NO3Si. The highest BCUT2D eigenvalue weighted by molar-refractivity contribution is 6.62. The van der Waals surface area contributed by atoms with Gasteiger partial charge in [0.05, 0.1) is 0 Å². The maximum absolute atomic E-state index is 5.67. The summed E-state index contributed by atoms with van der Waals surface area (Å²) in [4.78, 5) is 0. The number of hydrogen-bond acceptors (Lipinski definition) is 4. The Balaban J connectivity index is 2.83. The van der Waals surface area contributed by atoms with Crippen LogP contribution in [0.1, 0.15) is 18.9 Å². The van der Waals surface area contributed by atoms with Gasteiger partial charge in [-0.25, -0.2) is 0 Å². The molecule has 0 amide bonds. The van der Waals surface area contributed by atoms with Gasteiger partial charge >= 0.3 is 8.80 Å². The molecule has 0 saturated carbocycles. The van der Waals surface area contributed by atoms with Gasteiger partial charge < -0.3 is 18.6 Å². The van der Waals surface area contributed by atoms with Crippen LogP contribution < -0.4 is 5.32 Å². The Labute approximate surface area is 123 Å². The van der Waals surface area contributed by atoms with Crippen molar-refractivity contribution in [3.63, 3.8) is 0 Å². The van der Waals surface area contributed by atoms with Crippen molar-refractivity contribution in [1.82, 2.24) is 5.32 Å². The first-order valence-corrected chi connectivity index (χ1v) is 8.92. The SMILES string of the molecule is CCNCCC(Cc1ccccc1)[Si](OC)(OC)OC. The molecule has 1 N–H and O–H groups in total. The molecule has 0 radical (unpaired) electrons. The highest BCUT2D eigenvalue weighted by atomic mass is 28.4. The van der Waals surface area contributed by atoms with Crippen molar-refractivity contribution in [3.05, 3.63) is 35.9 Å². The molecule has 0 fully saturated rings. The van der Waals surface area contributed by atoms with Gasteiger partial charge in [-0.2, -0.15) is 0 Å². The smallest absolute Gasteiger partial charge is 0.377 e. The molecule has 1 atom stereocenters. The standard InChI is InChI=1S/C15H27NO3Si/c1-5-16-12-11-15(20(17-2,18-3)19-4)13-14-9-7-6-8-10-14/h6-10,15-16H,5,11-13H2,1-4H3. The average molecular weight is 297 g/mol. The van der Waals surface area contributed by atoms with Gasteiger partial charge in [0.15, 0.2) is 0 Å². The summed E-state index contributed by atoms with van der Waals surface area (Å²) in [5, 5.41) is 3.36. The maximum atomic E-state index is 5.67. The molecule has 1 aromatic rings. The second kappa shape index (κ2) is 9.26. The Morgan fingerprint density at radius 3 is 2.15 bits per heavy atom. The summed E-state index contributed by atoms with van der Waals surface area (Å²) < 4.78 is 17.0. The summed E-state index contributed by atoms with van der Waals surface area (Å²) in [6, 6.07) is 10.4. The molecule has 114 valence electrons. The molecule has 20 heavy (non-hydrogen) atoms. The van der Waals surface area contributed by atoms with Crippen LogP contribution in [0.25, 0.3) is 0 Å². The first-order valence-electron chi connectivity index (χ1n) is 7.12. The van der Waals surface area contributed by atoms with Crippen LogP contribution in [-0.2, 0) is 19.7 Å². The van der Waals surface area contributed by atoms with Crippen LogP contribution in [0.4, 0.5) is 0 Å². The van der Waals surface area contributed by atoms with Gasteiger partial charge in [-0.15, -0.1) is 0 Å². The van der Waals surface area contributed by atoms with Crippen LogP contribution in [0.3, 0.4) is 0 Å². The van der Waals surface area contributed by atoms with Crippen LogP contribution in [0.15, 0.2) is 30.3 Å². The molecule has 0 aromatic heterocycles. The minimum absolute atomic E-state index is 0.254.